The number of benzene rings is 2. The van der Waals surface area contributed by atoms with Crippen molar-refractivity contribution in [2.75, 3.05) is 6.61 Å². The van der Waals surface area contributed by atoms with E-state index in [4.69, 9.17) is 4.43 Å². The molecular formula is C29H36O2Si. The standard InChI is InChI=1S/C29H36O2Si/c1-5-6-7-12-19-26(30)20-13-8-9-18-25-31-32(29(2,3)4,27-21-14-10-15-22-27)28-23-16-11-17-24-28/h10-11,14-17,21-24H,5-9,18,25H2,1-4H3. The van der Waals surface area contributed by atoms with Gasteiger partial charge in [0.25, 0.3) is 14.1 Å². The lowest BCUT2D eigenvalue weighted by atomic mass is 10.2. The van der Waals surface area contributed by atoms with Crippen LogP contribution in [0.2, 0.25) is 5.04 Å². The van der Waals surface area contributed by atoms with Gasteiger partial charge < -0.3 is 4.43 Å². The molecule has 0 fully saturated rings. The highest BCUT2D eigenvalue weighted by Gasteiger charge is 2.49. The molecule has 168 valence electrons. The Hall–Kier alpha value is -2.59. The molecule has 0 saturated carbocycles. The molecular weight excluding hydrogens is 408 g/mol. The lowest BCUT2D eigenvalue weighted by Gasteiger charge is -2.43. The molecule has 2 aromatic carbocycles. The van der Waals surface area contributed by atoms with Gasteiger partial charge in [-0.05, 0) is 46.5 Å². The minimum Gasteiger partial charge on any atom is -0.407 e. The molecule has 0 aromatic heterocycles. The summed E-state index contributed by atoms with van der Waals surface area (Å²) in [5.74, 6) is 10.8. The Morgan fingerprint density at radius 1 is 0.812 bits per heavy atom. The summed E-state index contributed by atoms with van der Waals surface area (Å²) in [5.41, 5.74) is 0. The summed E-state index contributed by atoms with van der Waals surface area (Å²) in [5, 5.41) is 2.58. The Labute approximate surface area is 195 Å². The summed E-state index contributed by atoms with van der Waals surface area (Å²) >= 11 is 0. The van der Waals surface area contributed by atoms with Gasteiger partial charge in [0.15, 0.2) is 0 Å². The SMILES string of the molecule is CCCCC#CC(=O)C#CCCCCO[Si](c1ccccc1)(c1ccccc1)C(C)(C)C. The van der Waals surface area contributed by atoms with Crippen LogP contribution in [-0.4, -0.2) is 20.7 Å². The van der Waals surface area contributed by atoms with Crippen molar-refractivity contribution in [1.82, 2.24) is 0 Å². The first-order chi connectivity index (χ1) is 15.4. The largest absolute Gasteiger partial charge is 0.407 e. The molecule has 2 rings (SSSR count). The summed E-state index contributed by atoms with van der Waals surface area (Å²) in [4.78, 5) is 11.7. The van der Waals surface area contributed by atoms with Crippen LogP contribution in [0, 0.1) is 23.7 Å². The molecule has 0 N–H and O–H groups in total. The van der Waals surface area contributed by atoms with Crippen molar-refractivity contribution in [1.29, 1.82) is 0 Å². The smallest absolute Gasteiger partial charge is 0.279 e. The van der Waals surface area contributed by atoms with Gasteiger partial charge in [-0.15, -0.1) is 0 Å². The Morgan fingerprint density at radius 3 is 1.78 bits per heavy atom. The van der Waals surface area contributed by atoms with Crippen LogP contribution in [0.3, 0.4) is 0 Å². The molecule has 0 saturated heterocycles. The van der Waals surface area contributed by atoms with E-state index < -0.39 is 8.32 Å². The number of hydrogen-bond donors (Lipinski definition) is 0. The lowest BCUT2D eigenvalue weighted by Crippen LogP contribution is -2.66. The molecule has 0 atom stereocenters. The molecule has 0 radical (unpaired) electrons. The maximum absolute atomic E-state index is 11.7. The lowest BCUT2D eigenvalue weighted by molar-refractivity contribution is -0.108. The first-order valence-corrected chi connectivity index (χ1v) is 13.6. The van der Waals surface area contributed by atoms with E-state index in [-0.39, 0.29) is 10.8 Å². The van der Waals surface area contributed by atoms with Crippen molar-refractivity contribution in [2.24, 2.45) is 0 Å². The second kappa shape index (κ2) is 13.1. The van der Waals surface area contributed by atoms with E-state index in [1.807, 2.05) is 0 Å². The minimum atomic E-state index is -2.47. The normalized spacial score (nSPS) is 11.1. The molecule has 0 aliphatic rings. The fraction of sp³-hybridized carbons (Fsp3) is 0.414. The predicted molar refractivity (Wildman–Crippen MR) is 138 cm³/mol. The van der Waals surface area contributed by atoms with Gasteiger partial charge in [-0.3, -0.25) is 4.79 Å². The van der Waals surface area contributed by atoms with Crippen LogP contribution in [-0.2, 0) is 9.22 Å². The van der Waals surface area contributed by atoms with E-state index in [1.165, 1.54) is 10.4 Å². The first-order valence-electron chi connectivity index (χ1n) is 11.7. The first kappa shape index (κ1) is 25.7. The zero-order valence-electron chi connectivity index (χ0n) is 20.0. The number of carbonyl (C=O) groups excluding carboxylic acids is 1. The number of unbranched alkanes of at least 4 members (excludes halogenated alkanes) is 4. The molecule has 32 heavy (non-hydrogen) atoms. The van der Waals surface area contributed by atoms with E-state index in [2.05, 4.69) is 112 Å². The fourth-order valence-corrected chi connectivity index (χ4v) is 8.49. The van der Waals surface area contributed by atoms with Crippen LogP contribution in [0.5, 0.6) is 0 Å². The van der Waals surface area contributed by atoms with Gasteiger partial charge >= 0.3 is 0 Å². The second-order valence-corrected chi connectivity index (χ2v) is 13.3. The highest BCUT2D eigenvalue weighted by atomic mass is 28.4. The molecule has 0 unspecified atom stereocenters. The third-order valence-electron chi connectivity index (χ3n) is 5.49. The zero-order valence-corrected chi connectivity index (χ0v) is 21.0. The molecule has 2 aromatic rings. The quantitative estimate of drug-likeness (QED) is 0.221. The average molecular weight is 445 g/mol. The average Bonchev–Trinajstić information content (AvgIpc) is 2.79. The topological polar surface area (TPSA) is 26.3 Å². The van der Waals surface area contributed by atoms with Crippen molar-refractivity contribution in [3.05, 3.63) is 60.7 Å². The molecule has 2 nitrogen and oxygen atoms in total. The number of Topliss-reactive ketones (excluding diaryl/α,β-unsaturated/α-hetero) is 1. The molecule has 0 aliphatic heterocycles. The van der Waals surface area contributed by atoms with Gasteiger partial charge in [-0.2, -0.15) is 0 Å². The van der Waals surface area contributed by atoms with E-state index in [0.717, 1.165) is 32.1 Å². The molecule has 0 spiro atoms. The highest BCUT2D eigenvalue weighted by molar-refractivity contribution is 6.99. The Balaban J connectivity index is 2.03. The fourth-order valence-electron chi connectivity index (χ4n) is 3.88. The van der Waals surface area contributed by atoms with Crippen LogP contribution >= 0.6 is 0 Å². The zero-order chi connectivity index (χ0) is 23.3. The Morgan fingerprint density at radius 2 is 1.31 bits per heavy atom. The van der Waals surface area contributed by atoms with Crippen LogP contribution < -0.4 is 10.4 Å². The van der Waals surface area contributed by atoms with Crippen LogP contribution in [0.15, 0.2) is 60.7 Å². The van der Waals surface area contributed by atoms with E-state index >= 15 is 0 Å². The Kier molecular flexibility index (Phi) is 10.5. The highest BCUT2D eigenvalue weighted by Crippen LogP contribution is 2.36. The van der Waals surface area contributed by atoms with Crippen molar-refractivity contribution in [3.63, 3.8) is 0 Å². The molecule has 0 aliphatic carbocycles. The van der Waals surface area contributed by atoms with E-state index in [0.29, 0.717) is 13.0 Å². The van der Waals surface area contributed by atoms with Gasteiger partial charge in [0.1, 0.15) is 0 Å². The number of hydrogen-bond acceptors (Lipinski definition) is 2. The predicted octanol–water partition coefficient (Wildman–Crippen LogP) is 5.50. The minimum absolute atomic E-state index is 0.0155. The number of rotatable bonds is 9. The third-order valence-corrected chi connectivity index (χ3v) is 10.5. The third kappa shape index (κ3) is 7.23. The summed E-state index contributed by atoms with van der Waals surface area (Å²) in [6, 6.07) is 21.4. The monoisotopic (exact) mass is 444 g/mol. The maximum atomic E-state index is 11.7. The van der Waals surface area contributed by atoms with E-state index in [9.17, 15) is 4.79 Å². The molecule has 0 bridgehead atoms. The van der Waals surface area contributed by atoms with Crippen molar-refractivity contribution in [2.45, 2.75) is 71.3 Å². The van der Waals surface area contributed by atoms with E-state index in [1.54, 1.807) is 0 Å². The maximum Gasteiger partial charge on any atom is 0.279 e. The second-order valence-electron chi connectivity index (χ2n) is 9.01. The van der Waals surface area contributed by atoms with Crippen LogP contribution in [0.25, 0.3) is 0 Å². The number of carbonyl (C=O) groups is 1. The van der Waals surface area contributed by atoms with Crippen molar-refractivity contribution >= 4 is 24.5 Å². The van der Waals surface area contributed by atoms with Crippen LogP contribution in [0.4, 0.5) is 0 Å². The van der Waals surface area contributed by atoms with Gasteiger partial charge in [0, 0.05) is 19.4 Å². The van der Waals surface area contributed by atoms with Crippen molar-refractivity contribution < 1.29 is 9.22 Å². The van der Waals surface area contributed by atoms with Gasteiger partial charge in [-0.1, -0.05) is 107 Å². The summed E-state index contributed by atoms with van der Waals surface area (Å²) in [6.45, 7) is 9.66. The van der Waals surface area contributed by atoms with Crippen LogP contribution in [0.1, 0.15) is 66.2 Å². The summed E-state index contributed by atoms with van der Waals surface area (Å²) in [7, 11) is -2.47. The molecule has 3 heteroatoms. The molecule has 0 amide bonds. The summed E-state index contributed by atoms with van der Waals surface area (Å²) < 4.78 is 6.87. The Bertz CT molecular complexity index is 911. The van der Waals surface area contributed by atoms with Gasteiger partial charge in [-0.25, -0.2) is 0 Å². The molecule has 0 heterocycles. The number of ketones is 1. The summed E-state index contributed by atoms with van der Waals surface area (Å²) in [6.07, 6.45) is 5.39. The van der Waals surface area contributed by atoms with Gasteiger partial charge in [0.2, 0.25) is 0 Å². The van der Waals surface area contributed by atoms with Crippen molar-refractivity contribution in [3.8, 4) is 23.7 Å². The van der Waals surface area contributed by atoms with Gasteiger partial charge in [0.05, 0.1) is 0 Å².